The first-order valence-corrected chi connectivity index (χ1v) is 14.2. The van der Waals surface area contributed by atoms with E-state index in [0.717, 1.165) is 0 Å². The Hall–Kier alpha value is 0.697. The molecule has 1 aliphatic carbocycles. The summed E-state index contributed by atoms with van der Waals surface area (Å²) in [5, 5.41) is 0. The summed E-state index contributed by atoms with van der Waals surface area (Å²) in [6.07, 6.45) is 1.58. The van der Waals surface area contributed by atoms with E-state index in [1.165, 1.54) is 0 Å². The SMILES string of the molecule is FC(F)(F)[As]1C2CCC(CC2)[As]1C(F)(F)F. The van der Waals surface area contributed by atoms with Crippen LogP contribution in [0.4, 0.5) is 26.3 Å². The molecule has 16 heavy (non-hydrogen) atoms. The topological polar surface area (TPSA) is 0 Å². The number of fused-ring (bicyclic) bond motifs is 3. The maximum absolute atomic E-state index is 12.8. The van der Waals surface area contributed by atoms with Gasteiger partial charge in [-0.25, -0.2) is 0 Å². The van der Waals surface area contributed by atoms with Crippen LogP contribution in [0.3, 0.4) is 0 Å². The number of halogens is 6. The third-order valence-electron chi connectivity index (χ3n) is 3.11. The molecule has 0 radical (unpaired) electrons. The maximum atomic E-state index is 12.8. The van der Waals surface area contributed by atoms with Gasteiger partial charge in [0.2, 0.25) is 0 Å². The van der Waals surface area contributed by atoms with Gasteiger partial charge in [-0.2, -0.15) is 0 Å². The third-order valence-corrected chi connectivity index (χ3v) is 28.5. The summed E-state index contributed by atoms with van der Waals surface area (Å²) in [6.45, 7) is 0. The fourth-order valence-electron chi connectivity index (χ4n) is 2.56. The average molecular weight is 370 g/mol. The summed E-state index contributed by atoms with van der Waals surface area (Å²) >= 11 is -7.36. The van der Waals surface area contributed by atoms with Crippen molar-refractivity contribution in [2.75, 3.05) is 0 Å². The van der Waals surface area contributed by atoms with E-state index in [1.807, 2.05) is 0 Å². The molecule has 2 bridgehead atoms. The van der Waals surface area contributed by atoms with E-state index in [2.05, 4.69) is 0 Å². The standard InChI is InChI=1S/C8H10As2F6/c11-7(12,13)9-5-1-2-6(4-3-5)10(9)8(14,15)16/h5-6H,1-4H2. The van der Waals surface area contributed by atoms with Crippen LogP contribution < -0.4 is 0 Å². The second kappa shape index (κ2) is 4.12. The summed E-state index contributed by atoms with van der Waals surface area (Å²) in [5.74, 6) is 0. The van der Waals surface area contributed by atoms with E-state index in [0.29, 0.717) is 25.7 Å². The Morgan fingerprint density at radius 3 is 1.06 bits per heavy atom. The van der Waals surface area contributed by atoms with Gasteiger partial charge >= 0.3 is 96.5 Å². The second-order valence-electron chi connectivity index (χ2n) is 4.09. The van der Waals surface area contributed by atoms with Gasteiger partial charge in [-0.15, -0.1) is 0 Å². The molecule has 0 amide bonds. The van der Waals surface area contributed by atoms with E-state index in [9.17, 15) is 26.3 Å². The van der Waals surface area contributed by atoms with Crippen LogP contribution in [0.5, 0.6) is 0 Å². The zero-order chi connectivity index (χ0) is 12.1. The van der Waals surface area contributed by atoms with Crippen LogP contribution in [0.25, 0.3) is 0 Å². The zero-order valence-electron chi connectivity index (χ0n) is 8.15. The quantitative estimate of drug-likeness (QED) is 0.452. The Balaban J connectivity index is 2.32. The molecular formula is C8H10As2F6. The normalized spacial score (nSPS) is 40.1. The van der Waals surface area contributed by atoms with Crippen molar-refractivity contribution in [1.29, 1.82) is 0 Å². The molecule has 2 aliphatic heterocycles. The molecule has 2 heterocycles. The number of rotatable bonds is 0. The summed E-state index contributed by atoms with van der Waals surface area (Å²) in [5.41, 5.74) is 0. The Kier molecular flexibility index (Phi) is 3.38. The van der Waals surface area contributed by atoms with Crippen LogP contribution >= 0.6 is 0 Å². The molecule has 2 unspecified atom stereocenters. The predicted octanol–water partition coefficient (Wildman–Crippen LogP) is 3.59. The van der Waals surface area contributed by atoms with Gasteiger partial charge in [0.15, 0.2) is 0 Å². The van der Waals surface area contributed by atoms with Gasteiger partial charge in [0.05, 0.1) is 0 Å². The molecule has 3 rings (SSSR count). The predicted molar refractivity (Wildman–Crippen MR) is 49.6 cm³/mol. The van der Waals surface area contributed by atoms with Gasteiger partial charge in [0.1, 0.15) is 0 Å². The average Bonchev–Trinajstić information content (AvgIpc) is 2.15. The van der Waals surface area contributed by atoms with E-state index < -0.39 is 44.5 Å². The summed E-state index contributed by atoms with van der Waals surface area (Å²) in [4.78, 5) is -9.02. The molecule has 3 aliphatic rings. The molecule has 0 nitrogen and oxygen atoms in total. The first-order valence-electron chi connectivity index (χ1n) is 4.93. The fourth-order valence-corrected chi connectivity index (χ4v) is 28.1. The Labute approximate surface area is 96.6 Å². The van der Waals surface area contributed by atoms with Gasteiger partial charge in [0, 0.05) is 0 Å². The van der Waals surface area contributed by atoms with Crippen molar-refractivity contribution in [3.8, 4) is 0 Å². The molecule has 2 atom stereocenters. The van der Waals surface area contributed by atoms with E-state index in [4.69, 9.17) is 0 Å². The van der Waals surface area contributed by atoms with Crippen LogP contribution in [-0.4, -0.2) is 35.1 Å². The van der Waals surface area contributed by atoms with Crippen LogP contribution in [0.1, 0.15) is 25.7 Å². The number of alkyl halides is 6. The van der Waals surface area contributed by atoms with Crippen molar-refractivity contribution < 1.29 is 26.3 Å². The molecule has 94 valence electrons. The third kappa shape index (κ3) is 2.29. The van der Waals surface area contributed by atoms with Crippen LogP contribution in [-0.2, 0) is 0 Å². The monoisotopic (exact) mass is 370 g/mol. The molecule has 8 heteroatoms. The Morgan fingerprint density at radius 2 is 0.875 bits per heavy atom. The van der Waals surface area contributed by atoms with E-state index in [1.54, 1.807) is 0 Å². The fraction of sp³-hybridized carbons (Fsp3) is 1.00. The summed E-state index contributed by atoms with van der Waals surface area (Å²) in [6, 6.07) is 0. The molecule has 0 aromatic heterocycles. The van der Waals surface area contributed by atoms with Crippen molar-refractivity contribution in [2.24, 2.45) is 0 Å². The minimum atomic E-state index is -4.51. The zero-order valence-corrected chi connectivity index (χ0v) is 11.9. The molecule has 0 aromatic rings. The molecule has 0 N–H and O–H groups in total. The van der Waals surface area contributed by atoms with Crippen LogP contribution in [0, 0.1) is 0 Å². The van der Waals surface area contributed by atoms with Crippen molar-refractivity contribution in [3.05, 3.63) is 0 Å². The summed E-state index contributed by atoms with van der Waals surface area (Å²) < 4.78 is 75.5. The second-order valence-corrected chi connectivity index (χ2v) is 21.6. The Bertz CT molecular complexity index is 237. The Morgan fingerprint density at radius 1 is 0.625 bits per heavy atom. The van der Waals surface area contributed by atoms with Crippen LogP contribution in [0.15, 0.2) is 0 Å². The van der Waals surface area contributed by atoms with Gasteiger partial charge in [0.25, 0.3) is 0 Å². The minimum absolute atomic E-state index is 0.394. The first-order chi connectivity index (χ1) is 7.21. The van der Waals surface area contributed by atoms with Gasteiger partial charge < -0.3 is 0 Å². The van der Waals surface area contributed by atoms with Crippen molar-refractivity contribution >= 4 is 25.2 Å². The van der Waals surface area contributed by atoms with E-state index >= 15 is 0 Å². The van der Waals surface area contributed by atoms with Crippen LogP contribution in [0.2, 0.25) is 9.41 Å². The van der Waals surface area contributed by atoms with Crippen molar-refractivity contribution in [3.63, 3.8) is 0 Å². The molecule has 3 fully saturated rings. The van der Waals surface area contributed by atoms with Gasteiger partial charge in [-0.05, 0) is 0 Å². The van der Waals surface area contributed by atoms with Gasteiger partial charge in [-0.1, -0.05) is 0 Å². The first kappa shape index (κ1) is 13.1. The molecule has 1 saturated carbocycles. The molecule has 0 aromatic carbocycles. The number of hydrogen-bond acceptors (Lipinski definition) is 0. The molecular weight excluding hydrogens is 360 g/mol. The molecule has 0 spiro atoms. The van der Waals surface area contributed by atoms with Gasteiger partial charge in [-0.3, -0.25) is 0 Å². The summed E-state index contributed by atoms with van der Waals surface area (Å²) in [7, 11) is 0. The van der Waals surface area contributed by atoms with Crippen molar-refractivity contribution in [2.45, 2.75) is 45.0 Å². The number of hydrogen-bond donors (Lipinski definition) is 0. The van der Waals surface area contributed by atoms with E-state index in [-0.39, 0.29) is 0 Å². The molecule has 2 saturated heterocycles. The van der Waals surface area contributed by atoms with Crippen molar-refractivity contribution in [1.82, 2.24) is 0 Å².